The van der Waals surface area contributed by atoms with Crippen molar-refractivity contribution in [3.8, 4) is 0 Å². The SMILES string of the molecule is O=C(NC1CCc2ccccc21)c1c[nH]c2ccc(Br)cc12. The zero-order valence-corrected chi connectivity index (χ0v) is 13.5. The number of carbonyl (C=O) groups excluding carboxylic acids is 1. The van der Waals surface area contributed by atoms with Gasteiger partial charge in [-0.05, 0) is 42.2 Å². The molecule has 4 heteroatoms. The Labute approximate surface area is 136 Å². The van der Waals surface area contributed by atoms with E-state index in [0.29, 0.717) is 5.56 Å². The Balaban J connectivity index is 1.64. The van der Waals surface area contributed by atoms with Gasteiger partial charge in [0.15, 0.2) is 0 Å². The molecule has 2 aromatic carbocycles. The number of fused-ring (bicyclic) bond motifs is 2. The van der Waals surface area contributed by atoms with E-state index in [1.165, 1.54) is 11.1 Å². The summed E-state index contributed by atoms with van der Waals surface area (Å²) in [6, 6.07) is 14.4. The second-order valence-corrected chi connectivity index (χ2v) is 6.57. The summed E-state index contributed by atoms with van der Waals surface area (Å²) in [5.41, 5.74) is 4.26. The van der Waals surface area contributed by atoms with Crippen molar-refractivity contribution in [2.75, 3.05) is 0 Å². The Hall–Kier alpha value is -2.07. The van der Waals surface area contributed by atoms with Gasteiger partial charge < -0.3 is 10.3 Å². The molecule has 0 saturated heterocycles. The first-order valence-corrected chi connectivity index (χ1v) is 8.17. The summed E-state index contributed by atoms with van der Waals surface area (Å²) >= 11 is 3.46. The lowest BCUT2D eigenvalue weighted by Gasteiger charge is -2.13. The van der Waals surface area contributed by atoms with Gasteiger partial charge in [0.25, 0.3) is 5.91 Å². The van der Waals surface area contributed by atoms with Gasteiger partial charge in [0.05, 0.1) is 11.6 Å². The van der Waals surface area contributed by atoms with E-state index < -0.39 is 0 Å². The Kier molecular flexibility index (Phi) is 3.26. The maximum Gasteiger partial charge on any atom is 0.253 e. The first-order chi connectivity index (χ1) is 10.7. The fourth-order valence-corrected chi connectivity index (χ4v) is 3.58. The third kappa shape index (κ3) is 2.24. The number of hydrogen-bond donors (Lipinski definition) is 2. The molecule has 2 N–H and O–H groups in total. The molecule has 0 saturated carbocycles. The van der Waals surface area contributed by atoms with Gasteiger partial charge in [0.2, 0.25) is 0 Å². The zero-order chi connectivity index (χ0) is 15.1. The highest BCUT2D eigenvalue weighted by Crippen LogP contribution is 2.31. The van der Waals surface area contributed by atoms with Crippen LogP contribution in [0.25, 0.3) is 10.9 Å². The number of rotatable bonds is 2. The number of nitrogens with one attached hydrogen (secondary N) is 2. The molecule has 1 atom stereocenters. The second kappa shape index (κ2) is 5.29. The molecule has 1 amide bonds. The maximum atomic E-state index is 12.7. The van der Waals surface area contributed by atoms with Gasteiger partial charge in [-0.15, -0.1) is 0 Å². The Morgan fingerprint density at radius 1 is 1.23 bits per heavy atom. The Morgan fingerprint density at radius 3 is 3.00 bits per heavy atom. The molecule has 0 radical (unpaired) electrons. The maximum absolute atomic E-state index is 12.7. The van der Waals surface area contributed by atoms with Crippen LogP contribution in [0.2, 0.25) is 0 Å². The third-order valence-electron chi connectivity index (χ3n) is 4.33. The number of aromatic nitrogens is 1. The number of aromatic amines is 1. The van der Waals surface area contributed by atoms with E-state index in [0.717, 1.165) is 28.2 Å². The van der Waals surface area contributed by atoms with Crippen LogP contribution in [0, 0.1) is 0 Å². The summed E-state index contributed by atoms with van der Waals surface area (Å²) in [6.07, 6.45) is 3.78. The van der Waals surface area contributed by atoms with E-state index in [1.54, 1.807) is 6.20 Å². The lowest BCUT2D eigenvalue weighted by atomic mass is 10.1. The topological polar surface area (TPSA) is 44.9 Å². The highest BCUT2D eigenvalue weighted by Gasteiger charge is 2.24. The molecule has 0 bridgehead atoms. The molecule has 0 spiro atoms. The molecule has 1 unspecified atom stereocenters. The van der Waals surface area contributed by atoms with Crippen LogP contribution < -0.4 is 5.32 Å². The average molecular weight is 355 g/mol. The van der Waals surface area contributed by atoms with Crippen LogP contribution in [0.5, 0.6) is 0 Å². The lowest BCUT2D eigenvalue weighted by Crippen LogP contribution is -2.26. The number of halogens is 1. The minimum Gasteiger partial charge on any atom is -0.360 e. The third-order valence-corrected chi connectivity index (χ3v) is 4.82. The van der Waals surface area contributed by atoms with Crippen LogP contribution >= 0.6 is 15.9 Å². The number of amides is 1. The molecule has 110 valence electrons. The van der Waals surface area contributed by atoms with Crippen LogP contribution in [0.15, 0.2) is 53.1 Å². The van der Waals surface area contributed by atoms with Gasteiger partial charge >= 0.3 is 0 Å². The van der Waals surface area contributed by atoms with Crippen LogP contribution in [0.4, 0.5) is 0 Å². The molecule has 1 aliphatic rings. The van der Waals surface area contributed by atoms with Crippen molar-refractivity contribution in [2.45, 2.75) is 18.9 Å². The molecular weight excluding hydrogens is 340 g/mol. The first-order valence-electron chi connectivity index (χ1n) is 7.37. The minimum absolute atomic E-state index is 0.0222. The molecular formula is C18H15BrN2O. The predicted octanol–water partition coefficient (Wildman–Crippen LogP) is 4.35. The fourth-order valence-electron chi connectivity index (χ4n) is 3.22. The van der Waals surface area contributed by atoms with Gasteiger partial charge in [-0.2, -0.15) is 0 Å². The smallest absolute Gasteiger partial charge is 0.253 e. The highest BCUT2D eigenvalue weighted by atomic mass is 79.9. The normalized spacial score (nSPS) is 16.7. The molecule has 1 aliphatic carbocycles. The van der Waals surface area contributed by atoms with Crippen LogP contribution in [-0.4, -0.2) is 10.9 Å². The molecule has 1 aromatic heterocycles. The van der Waals surface area contributed by atoms with Gasteiger partial charge in [-0.3, -0.25) is 4.79 Å². The summed E-state index contributed by atoms with van der Waals surface area (Å²) in [5, 5.41) is 4.12. The molecule has 4 rings (SSSR count). The van der Waals surface area contributed by atoms with Crippen molar-refractivity contribution in [1.82, 2.24) is 10.3 Å². The lowest BCUT2D eigenvalue weighted by molar-refractivity contribution is 0.0938. The van der Waals surface area contributed by atoms with E-state index in [4.69, 9.17) is 0 Å². The molecule has 0 fully saturated rings. The van der Waals surface area contributed by atoms with Crippen molar-refractivity contribution in [1.29, 1.82) is 0 Å². The van der Waals surface area contributed by atoms with Crippen LogP contribution in [0.3, 0.4) is 0 Å². The minimum atomic E-state index is -0.0222. The molecule has 3 nitrogen and oxygen atoms in total. The molecule has 1 heterocycles. The van der Waals surface area contributed by atoms with Gasteiger partial charge in [0, 0.05) is 21.6 Å². The Bertz CT molecular complexity index is 868. The Morgan fingerprint density at radius 2 is 2.09 bits per heavy atom. The predicted molar refractivity (Wildman–Crippen MR) is 91.0 cm³/mol. The standard InChI is InChI=1S/C18H15BrN2O/c19-12-6-8-16-14(9-12)15(10-20-16)18(22)21-17-7-5-11-3-1-2-4-13(11)17/h1-4,6,8-10,17,20H,5,7H2,(H,21,22). The summed E-state index contributed by atoms with van der Waals surface area (Å²) < 4.78 is 0.972. The average Bonchev–Trinajstić information content (AvgIpc) is 3.11. The van der Waals surface area contributed by atoms with Crippen molar-refractivity contribution < 1.29 is 4.79 Å². The highest BCUT2D eigenvalue weighted by molar-refractivity contribution is 9.10. The number of H-pyrrole nitrogens is 1. The zero-order valence-electron chi connectivity index (χ0n) is 11.9. The summed E-state index contributed by atoms with van der Waals surface area (Å²) in [5.74, 6) is -0.0222. The van der Waals surface area contributed by atoms with Crippen molar-refractivity contribution in [2.24, 2.45) is 0 Å². The van der Waals surface area contributed by atoms with Crippen molar-refractivity contribution in [3.63, 3.8) is 0 Å². The summed E-state index contributed by atoms with van der Waals surface area (Å²) in [4.78, 5) is 15.8. The number of benzene rings is 2. The van der Waals surface area contributed by atoms with Gasteiger partial charge in [0.1, 0.15) is 0 Å². The summed E-state index contributed by atoms with van der Waals surface area (Å²) in [6.45, 7) is 0. The number of hydrogen-bond acceptors (Lipinski definition) is 1. The quantitative estimate of drug-likeness (QED) is 0.705. The number of aryl methyl sites for hydroxylation is 1. The first kappa shape index (κ1) is 13.6. The largest absolute Gasteiger partial charge is 0.360 e. The van der Waals surface area contributed by atoms with Crippen molar-refractivity contribution in [3.05, 3.63) is 69.8 Å². The van der Waals surface area contributed by atoms with Crippen molar-refractivity contribution >= 4 is 32.7 Å². The van der Waals surface area contributed by atoms with Crippen LogP contribution in [0.1, 0.15) is 33.9 Å². The summed E-state index contributed by atoms with van der Waals surface area (Å²) in [7, 11) is 0. The van der Waals surface area contributed by atoms with Gasteiger partial charge in [-0.1, -0.05) is 40.2 Å². The second-order valence-electron chi connectivity index (χ2n) is 5.66. The van der Waals surface area contributed by atoms with E-state index >= 15 is 0 Å². The van der Waals surface area contributed by atoms with E-state index in [9.17, 15) is 4.79 Å². The fraction of sp³-hybridized carbons (Fsp3) is 0.167. The monoisotopic (exact) mass is 354 g/mol. The molecule has 0 aliphatic heterocycles. The van der Waals surface area contributed by atoms with E-state index in [1.807, 2.05) is 24.3 Å². The number of carbonyl (C=O) groups is 1. The molecule has 22 heavy (non-hydrogen) atoms. The van der Waals surface area contributed by atoms with Gasteiger partial charge in [-0.25, -0.2) is 0 Å². The molecule has 3 aromatic rings. The van der Waals surface area contributed by atoms with Crippen LogP contribution in [-0.2, 0) is 6.42 Å². The van der Waals surface area contributed by atoms with E-state index in [-0.39, 0.29) is 11.9 Å². The van der Waals surface area contributed by atoms with E-state index in [2.05, 4.69) is 44.4 Å².